The molecule has 0 bridgehead atoms. The first-order valence-corrected chi connectivity index (χ1v) is 9.35. The van der Waals surface area contributed by atoms with Gasteiger partial charge in [-0.3, -0.25) is 4.90 Å². The van der Waals surface area contributed by atoms with Crippen molar-refractivity contribution in [3.63, 3.8) is 0 Å². The van der Waals surface area contributed by atoms with E-state index in [1.165, 1.54) is 0 Å². The van der Waals surface area contributed by atoms with Gasteiger partial charge < -0.3 is 14.5 Å². The zero-order chi connectivity index (χ0) is 17.4. The van der Waals surface area contributed by atoms with E-state index in [1.54, 1.807) is 11.3 Å². The van der Waals surface area contributed by atoms with E-state index in [0.29, 0.717) is 0 Å². The van der Waals surface area contributed by atoms with Crippen LogP contribution in [0.5, 0.6) is 0 Å². The third-order valence-electron chi connectivity index (χ3n) is 4.57. The van der Waals surface area contributed by atoms with Crippen LogP contribution in [-0.4, -0.2) is 52.5 Å². The van der Waals surface area contributed by atoms with Gasteiger partial charge in [0.15, 0.2) is 10.8 Å². The Bertz CT molecular complexity index is 827. The van der Waals surface area contributed by atoms with Crippen LogP contribution in [0.4, 0.5) is 5.13 Å². The Morgan fingerprint density at radius 3 is 2.76 bits per heavy atom. The first-order valence-electron chi connectivity index (χ1n) is 8.54. The van der Waals surface area contributed by atoms with Crippen molar-refractivity contribution in [3.05, 3.63) is 29.3 Å². The lowest BCUT2D eigenvalue weighted by Gasteiger charge is -2.33. The summed E-state index contributed by atoms with van der Waals surface area (Å²) in [7, 11) is 1.93. The number of nitrogens with one attached hydrogen (secondary N) is 1. The Labute approximate surface area is 150 Å². The summed E-state index contributed by atoms with van der Waals surface area (Å²) in [5.41, 5.74) is 1.95. The van der Waals surface area contributed by atoms with Crippen molar-refractivity contribution in [2.24, 2.45) is 7.05 Å². The second-order valence-corrected chi connectivity index (χ2v) is 7.37. The standard InChI is InChI=1S/C17H23N5O2S/c1-11-4-5-14(24-11)13(22-6-8-23-9-7-22)10-18-17-19-16-15(25-17)12(2)20-21(16)3/h4-5,13H,6-10H2,1-3H3,(H,18,19). The van der Waals surface area contributed by atoms with Crippen molar-refractivity contribution < 1.29 is 9.15 Å². The number of anilines is 1. The van der Waals surface area contributed by atoms with E-state index in [2.05, 4.69) is 26.4 Å². The first-order chi connectivity index (χ1) is 12.1. The smallest absolute Gasteiger partial charge is 0.185 e. The van der Waals surface area contributed by atoms with Crippen molar-refractivity contribution in [1.82, 2.24) is 19.7 Å². The molecule has 0 aliphatic carbocycles. The Kier molecular flexibility index (Phi) is 4.49. The molecule has 4 rings (SSSR count). The summed E-state index contributed by atoms with van der Waals surface area (Å²) in [5, 5.41) is 8.84. The molecular weight excluding hydrogens is 338 g/mol. The van der Waals surface area contributed by atoms with Crippen LogP contribution >= 0.6 is 11.3 Å². The van der Waals surface area contributed by atoms with Crippen molar-refractivity contribution in [3.8, 4) is 0 Å². The normalized spacial score (nSPS) is 17.2. The third kappa shape index (κ3) is 3.29. The first kappa shape index (κ1) is 16.6. The Hall–Kier alpha value is -1.90. The lowest BCUT2D eigenvalue weighted by atomic mass is 10.1. The molecular formula is C17H23N5O2S. The number of fused-ring (bicyclic) bond motifs is 1. The van der Waals surface area contributed by atoms with Gasteiger partial charge in [-0.1, -0.05) is 11.3 Å². The van der Waals surface area contributed by atoms with E-state index in [-0.39, 0.29) is 6.04 Å². The maximum absolute atomic E-state index is 5.92. The second-order valence-electron chi connectivity index (χ2n) is 6.37. The van der Waals surface area contributed by atoms with Gasteiger partial charge in [0.05, 0.1) is 29.6 Å². The van der Waals surface area contributed by atoms with Crippen LogP contribution in [0.2, 0.25) is 0 Å². The van der Waals surface area contributed by atoms with Crippen LogP contribution in [0.1, 0.15) is 23.3 Å². The SMILES string of the molecule is Cc1ccc(C(CNc2nc3c(s2)c(C)nn3C)N2CCOCC2)o1. The predicted molar refractivity (Wildman–Crippen MR) is 98.2 cm³/mol. The van der Waals surface area contributed by atoms with E-state index < -0.39 is 0 Å². The van der Waals surface area contributed by atoms with Gasteiger partial charge in [0.2, 0.25) is 0 Å². The number of aromatic nitrogens is 3. The van der Waals surface area contributed by atoms with Crippen LogP contribution in [0.25, 0.3) is 10.3 Å². The molecule has 0 saturated carbocycles. The lowest BCUT2D eigenvalue weighted by Crippen LogP contribution is -2.41. The minimum absolute atomic E-state index is 0.170. The fourth-order valence-electron chi connectivity index (χ4n) is 3.28. The van der Waals surface area contributed by atoms with Crippen molar-refractivity contribution in [1.29, 1.82) is 0 Å². The van der Waals surface area contributed by atoms with Crippen LogP contribution in [0.3, 0.4) is 0 Å². The number of ether oxygens (including phenoxy) is 1. The van der Waals surface area contributed by atoms with E-state index in [1.807, 2.05) is 31.6 Å². The molecule has 1 atom stereocenters. The Morgan fingerprint density at radius 2 is 2.08 bits per heavy atom. The highest BCUT2D eigenvalue weighted by atomic mass is 32.1. The van der Waals surface area contributed by atoms with Crippen LogP contribution < -0.4 is 5.32 Å². The second kappa shape index (κ2) is 6.78. The molecule has 1 aliphatic rings. The van der Waals surface area contributed by atoms with E-state index in [0.717, 1.165) is 65.5 Å². The van der Waals surface area contributed by atoms with E-state index in [4.69, 9.17) is 9.15 Å². The third-order valence-corrected chi connectivity index (χ3v) is 5.68. The molecule has 1 saturated heterocycles. The minimum atomic E-state index is 0.170. The topological polar surface area (TPSA) is 68.4 Å². The lowest BCUT2D eigenvalue weighted by molar-refractivity contribution is 0.0143. The van der Waals surface area contributed by atoms with Crippen LogP contribution in [0.15, 0.2) is 16.5 Å². The number of aryl methyl sites for hydroxylation is 3. The molecule has 4 heterocycles. The molecule has 0 aromatic carbocycles. The summed E-state index contributed by atoms with van der Waals surface area (Å²) in [5.74, 6) is 1.93. The van der Waals surface area contributed by atoms with E-state index in [9.17, 15) is 0 Å². The quantitative estimate of drug-likeness (QED) is 0.754. The van der Waals surface area contributed by atoms with Gasteiger partial charge in [0, 0.05) is 26.7 Å². The van der Waals surface area contributed by atoms with Crippen molar-refractivity contribution in [2.45, 2.75) is 19.9 Å². The van der Waals surface area contributed by atoms with Gasteiger partial charge in [-0.05, 0) is 26.0 Å². The monoisotopic (exact) mass is 361 g/mol. The summed E-state index contributed by atoms with van der Waals surface area (Å²) in [6.45, 7) is 8.11. The number of morpholine rings is 1. The number of thiazole rings is 1. The summed E-state index contributed by atoms with van der Waals surface area (Å²) in [6, 6.07) is 4.27. The van der Waals surface area contributed by atoms with Gasteiger partial charge in [-0.2, -0.15) is 5.10 Å². The van der Waals surface area contributed by atoms with Gasteiger partial charge in [0.1, 0.15) is 11.5 Å². The zero-order valence-electron chi connectivity index (χ0n) is 14.8. The highest BCUT2D eigenvalue weighted by molar-refractivity contribution is 7.22. The minimum Gasteiger partial charge on any atom is -0.465 e. The van der Waals surface area contributed by atoms with Gasteiger partial charge in [-0.25, -0.2) is 9.67 Å². The van der Waals surface area contributed by atoms with Crippen LogP contribution in [-0.2, 0) is 11.8 Å². The average molecular weight is 361 g/mol. The molecule has 1 fully saturated rings. The van der Waals surface area contributed by atoms with Crippen molar-refractivity contribution in [2.75, 3.05) is 38.2 Å². The molecule has 0 spiro atoms. The largest absolute Gasteiger partial charge is 0.465 e. The predicted octanol–water partition coefficient (Wildman–Crippen LogP) is 2.73. The molecule has 3 aromatic heterocycles. The highest BCUT2D eigenvalue weighted by Crippen LogP contribution is 2.30. The summed E-state index contributed by atoms with van der Waals surface area (Å²) < 4.78 is 14.4. The molecule has 7 nitrogen and oxygen atoms in total. The molecule has 0 amide bonds. The van der Waals surface area contributed by atoms with E-state index >= 15 is 0 Å². The van der Waals surface area contributed by atoms with Gasteiger partial charge in [0.25, 0.3) is 0 Å². The maximum Gasteiger partial charge on any atom is 0.185 e. The number of nitrogens with zero attached hydrogens (tertiary/aromatic N) is 4. The zero-order valence-corrected chi connectivity index (χ0v) is 15.6. The maximum atomic E-state index is 5.92. The van der Waals surface area contributed by atoms with Crippen molar-refractivity contribution >= 4 is 26.8 Å². The number of furan rings is 1. The molecule has 25 heavy (non-hydrogen) atoms. The molecule has 0 radical (unpaired) electrons. The molecule has 1 unspecified atom stereocenters. The summed E-state index contributed by atoms with van der Waals surface area (Å²) >= 11 is 1.65. The number of rotatable bonds is 5. The summed E-state index contributed by atoms with van der Waals surface area (Å²) in [6.07, 6.45) is 0. The fraction of sp³-hybridized carbons (Fsp3) is 0.529. The fourth-order valence-corrected chi connectivity index (χ4v) is 4.21. The Balaban J connectivity index is 1.54. The molecule has 134 valence electrons. The molecule has 8 heteroatoms. The average Bonchev–Trinajstić information content (AvgIpc) is 3.28. The van der Waals surface area contributed by atoms with Gasteiger partial charge >= 0.3 is 0 Å². The Morgan fingerprint density at radius 1 is 1.28 bits per heavy atom. The number of hydrogen-bond acceptors (Lipinski definition) is 7. The summed E-state index contributed by atoms with van der Waals surface area (Å²) in [4.78, 5) is 7.09. The number of hydrogen-bond donors (Lipinski definition) is 1. The van der Waals surface area contributed by atoms with Crippen LogP contribution in [0, 0.1) is 13.8 Å². The highest BCUT2D eigenvalue weighted by Gasteiger charge is 2.25. The molecule has 3 aromatic rings. The molecule has 1 aliphatic heterocycles. The van der Waals surface area contributed by atoms with Gasteiger partial charge in [-0.15, -0.1) is 0 Å². The molecule has 1 N–H and O–H groups in total.